The van der Waals surface area contributed by atoms with Crippen molar-refractivity contribution in [2.45, 2.75) is 18.2 Å². The van der Waals surface area contributed by atoms with Gasteiger partial charge in [-0.1, -0.05) is 17.7 Å². The standard InChI is InChI=1S/C23H23N3O5S2/c1-16-3-10-21(11-4-16)33(30,31)25-20-8-6-19(7-9-20)24-23(27)18-5-12-22-17(15-18)13-14-26(22)32(2,28)29/h3-12,15,25H,13-14H2,1-2H3,(H,24,27). The van der Waals surface area contributed by atoms with E-state index in [1.807, 2.05) is 6.92 Å². The molecule has 1 amide bonds. The van der Waals surface area contributed by atoms with Gasteiger partial charge in [-0.25, -0.2) is 16.8 Å². The summed E-state index contributed by atoms with van der Waals surface area (Å²) in [5, 5.41) is 2.77. The molecule has 0 aliphatic carbocycles. The van der Waals surface area contributed by atoms with E-state index >= 15 is 0 Å². The third-order valence-electron chi connectivity index (χ3n) is 5.32. The zero-order valence-electron chi connectivity index (χ0n) is 18.1. The van der Waals surface area contributed by atoms with Crippen LogP contribution in [0, 0.1) is 6.92 Å². The highest BCUT2D eigenvalue weighted by Crippen LogP contribution is 2.31. The third kappa shape index (κ3) is 5.01. The smallest absolute Gasteiger partial charge is 0.261 e. The quantitative estimate of drug-likeness (QED) is 0.556. The molecule has 0 radical (unpaired) electrons. The van der Waals surface area contributed by atoms with Crippen LogP contribution in [0.3, 0.4) is 0 Å². The van der Waals surface area contributed by atoms with Crippen LogP contribution in [0.4, 0.5) is 17.1 Å². The van der Waals surface area contributed by atoms with Crippen LogP contribution in [0.15, 0.2) is 71.6 Å². The van der Waals surface area contributed by atoms with Crippen LogP contribution >= 0.6 is 0 Å². The van der Waals surface area contributed by atoms with Crippen LogP contribution in [0.1, 0.15) is 21.5 Å². The van der Waals surface area contributed by atoms with Gasteiger partial charge in [0, 0.05) is 23.5 Å². The molecular formula is C23H23N3O5S2. The van der Waals surface area contributed by atoms with Gasteiger partial charge in [-0.15, -0.1) is 0 Å². The summed E-state index contributed by atoms with van der Waals surface area (Å²) in [5.74, 6) is -0.344. The first-order chi connectivity index (χ1) is 15.5. The van der Waals surface area contributed by atoms with Crippen molar-refractivity contribution < 1.29 is 21.6 Å². The SMILES string of the molecule is Cc1ccc(S(=O)(=O)Nc2ccc(NC(=O)c3ccc4c(c3)CCN4S(C)(=O)=O)cc2)cc1. The molecule has 10 heteroatoms. The van der Waals surface area contributed by atoms with Crippen molar-refractivity contribution in [3.8, 4) is 0 Å². The Labute approximate surface area is 193 Å². The first-order valence-corrected chi connectivity index (χ1v) is 13.5. The van der Waals surface area contributed by atoms with Crippen LogP contribution < -0.4 is 14.3 Å². The number of aryl methyl sites for hydroxylation is 1. The number of hydrogen-bond donors (Lipinski definition) is 2. The van der Waals surface area contributed by atoms with E-state index in [1.165, 1.54) is 16.4 Å². The Balaban J connectivity index is 1.44. The number of hydrogen-bond acceptors (Lipinski definition) is 5. The first kappa shape index (κ1) is 22.8. The van der Waals surface area contributed by atoms with Gasteiger partial charge in [-0.2, -0.15) is 0 Å². The molecule has 3 aromatic rings. The summed E-state index contributed by atoms with van der Waals surface area (Å²) in [6.45, 7) is 2.24. The van der Waals surface area contributed by atoms with Gasteiger partial charge in [0.2, 0.25) is 10.0 Å². The molecule has 0 atom stereocenters. The average Bonchev–Trinajstić information content (AvgIpc) is 3.19. The first-order valence-electron chi connectivity index (χ1n) is 10.1. The predicted molar refractivity (Wildman–Crippen MR) is 129 cm³/mol. The molecular weight excluding hydrogens is 462 g/mol. The minimum Gasteiger partial charge on any atom is -0.322 e. The number of nitrogens with zero attached hydrogens (tertiary/aromatic N) is 1. The Morgan fingerprint density at radius 2 is 1.52 bits per heavy atom. The lowest BCUT2D eigenvalue weighted by Crippen LogP contribution is -2.27. The lowest BCUT2D eigenvalue weighted by molar-refractivity contribution is 0.102. The van der Waals surface area contributed by atoms with Crippen LogP contribution in [0.25, 0.3) is 0 Å². The summed E-state index contributed by atoms with van der Waals surface area (Å²) in [6, 6.07) is 17.8. The molecule has 0 fully saturated rings. The summed E-state index contributed by atoms with van der Waals surface area (Å²) in [7, 11) is -7.06. The Hall–Kier alpha value is -3.37. The highest BCUT2D eigenvalue weighted by atomic mass is 32.2. The van der Waals surface area contributed by atoms with Crippen molar-refractivity contribution in [1.29, 1.82) is 0 Å². The van der Waals surface area contributed by atoms with Crippen LogP contribution in [-0.4, -0.2) is 35.5 Å². The summed E-state index contributed by atoms with van der Waals surface area (Å²) in [5.41, 5.74) is 3.63. The Morgan fingerprint density at radius 1 is 0.879 bits per heavy atom. The van der Waals surface area contributed by atoms with Gasteiger partial charge in [0.05, 0.1) is 16.8 Å². The fourth-order valence-corrected chi connectivity index (χ4v) is 5.63. The van der Waals surface area contributed by atoms with E-state index in [4.69, 9.17) is 0 Å². The lowest BCUT2D eigenvalue weighted by atomic mass is 10.1. The number of carbonyl (C=O) groups is 1. The van der Waals surface area contributed by atoms with Crippen molar-refractivity contribution in [3.05, 3.63) is 83.4 Å². The summed E-state index contributed by atoms with van der Waals surface area (Å²) in [6.07, 6.45) is 1.70. The lowest BCUT2D eigenvalue weighted by Gasteiger charge is -2.16. The molecule has 1 heterocycles. The zero-order chi connectivity index (χ0) is 23.8. The number of anilines is 3. The molecule has 172 valence electrons. The molecule has 0 spiro atoms. The van der Waals surface area contributed by atoms with Gasteiger partial charge in [0.15, 0.2) is 0 Å². The number of rotatable bonds is 6. The molecule has 0 unspecified atom stereocenters. The van der Waals surface area contributed by atoms with E-state index in [2.05, 4.69) is 10.0 Å². The fourth-order valence-electron chi connectivity index (χ4n) is 3.61. The predicted octanol–water partition coefficient (Wildman–Crippen LogP) is 3.37. The summed E-state index contributed by atoms with van der Waals surface area (Å²) >= 11 is 0. The maximum atomic E-state index is 12.7. The summed E-state index contributed by atoms with van der Waals surface area (Å²) in [4.78, 5) is 12.8. The number of benzene rings is 3. The van der Waals surface area contributed by atoms with E-state index in [0.29, 0.717) is 35.6 Å². The van der Waals surface area contributed by atoms with Crippen molar-refractivity contribution in [2.75, 3.05) is 27.1 Å². The minimum absolute atomic E-state index is 0.163. The van der Waals surface area contributed by atoms with Crippen molar-refractivity contribution in [2.24, 2.45) is 0 Å². The largest absolute Gasteiger partial charge is 0.322 e. The molecule has 0 bridgehead atoms. The second-order valence-corrected chi connectivity index (χ2v) is 11.5. The molecule has 3 aromatic carbocycles. The molecule has 2 N–H and O–H groups in total. The van der Waals surface area contributed by atoms with E-state index in [9.17, 15) is 21.6 Å². The monoisotopic (exact) mass is 485 g/mol. The molecule has 33 heavy (non-hydrogen) atoms. The Kier molecular flexibility index (Phi) is 5.89. The highest BCUT2D eigenvalue weighted by molar-refractivity contribution is 7.92. The molecule has 1 aliphatic rings. The number of carbonyl (C=O) groups excluding carboxylic acids is 1. The van der Waals surface area contributed by atoms with E-state index in [0.717, 1.165) is 17.4 Å². The number of nitrogens with one attached hydrogen (secondary N) is 2. The second-order valence-electron chi connectivity index (χ2n) is 7.88. The molecule has 4 rings (SSSR count). The van der Waals surface area contributed by atoms with Crippen molar-refractivity contribution >= 4 is 43.0 Å². The number of amides is 1. The van der Waals surface area contributed by atoms with Gasteiger partial charge in [-0.3, -0.25) is 13.8 Å². The minimum atomic E-state index is -3.71. The van der Waals surface area contributed by atoms with E-state index in [-0.39, 0.29) is 10.8 Å². The topological polar surface area (TPSA) is 113 Å². The van der Waals surface area contributed by atoms with Gasteiger partial charge >= 0.3 is 0 Å². The maximum absolute atomic E-state index is 12.7. The van der Waals surface area contributed by atoms with Crippen molar-refractivity contribution in [3.63, 3.8) is 0 Å². The average molecular weight is 486 g/mol. The number of sulfonamides is 2. The van der Waals surface area contributed by atoms with Gasteiger partial charge in [0.1, 0.15) is 0 Å². The Bertz CT molecular complexity index is 1420. The molecule has 8 nitrogen and oxygen atoms in total. The molecule has 1 aliphatic heterocycles. The van der Waals surface area contributed by atoms with Gasteiger partial charge in [-0.05, 0) is 73.5 Å². The van der Waals surface area contributed by atoms with E-state index < -0.39 is 20.0 Å². The van der Waals surface area contributed by atoms with E-state index in [1.54, 1.807) is 54.6 Å². The maximum Gasteiger partial charge on any atom is 0.261 e. The highest BCUT2D eigenvalue weighted by Gasteiger charge is 2.26. The zero-order valence-corrected chi connectivity index (χ0v) is 19.7. The summed E-state index contributed by atoms with van der Waals surface area (Å²) < 4.78 is 52.6. The number of fused-ring (bicyclic) bond motifs is 1. The third-order valence-corrected chi connectivity index (χ3v) is 7.90. The Morgan fingerprint density at radius 3 is 2.15 bits per heavy atom. The molecule has 0 saturated carbocycles. The van der Waals surface area contributed by atoms with Crippen molar-refractivity contribution in [1.82, 2.24) is 0 Å². The van der Waals surface area contributed by atoms with Crippen LogP contribution in [0.2, 0.25) is 0 Å². The molecule has 0 saturated heterocycles. The van der Waals surface area contributed by atoms with Gasteiger partial charge < -0.3 is 5.32 Å². The van der Waals surface area contributed by atoms with Gasteiger partial charge in [0.25, 0.3) is 15.9 Å². The molecule has 0 aromatic heterocycles. The second kappa shape index (κ2) is 8.53. The normalized spacial score (nSPS) is 13.5. The fraction of sp³-hybridized carbons (Fsp3) is 0.174. The van der Waals surface area contributed by atoms with Crippen LogP contribution in [-0.2, 0) is 26.5 Å². The van der Waals surface area contributed by atoms with Crippen LogP contribution in [0.5, 0.6) is 0 Å².